The van der Waals surface area contributed by atoms with Gasteiger partial charge in [0.15, 0.2) is 0 Å². The number of hydrogen-bond donors (Lipinski definition) is 2. The number of rotatable bonds is 3. The van der Waals surface area contributed by atoms with Crippen LogP contribution in [-0.4, -0.2) is 64.8 Å². The summed E-state index contributed by atoms with van der Waals surface area (Å²) in [6.07, 6.45) is -0.896. The standard InChI is InChI=1S/C8H14N2O4/c1-9-6(3-5(12)4-11)7(13)10(2)8(9)14/h5-6,11-12H,3-4H2,1-2H3. The summed E-state index contributed by atoms with van der Waals surface area (Å²) in [5, 5.41) is 17.8. The Hall–Kier alpha value is -1.14. The molecule has 0 aromatic heterocycles. The van der Waals surface area contributed by atoms with Gasteiger partial charge in [-0.05, 0) is 0 Å². The van der Waals surface area contributed by atoms with Crippen molar-refractivity contribution in [3.05, 3.63) is 0 Å². The number of hydrogen-bond acceptors (Lipinski definition) is 4. The van der Waals surface area contributed by atoms with Crippen LogP contribution in [0.4, 0.5) is 4.79 Å². The first-order valence-corrected chi connectivity index (χ1v) is 4.32. The van der Waals surface area contributed by atoms with Gasteiger partial charge in [-0.1, -0.05) is 0 Å². The van der Waals surface area contributed by atoms with Crippen LogP contribution in [0.2, 0.25) is 0 Å². The van der Waals surface area contributed by atoms with E-state index in [1.165, 1.54) is 19.0 Å². The minimum Gasteiger partial charge on any atom is -0.394 e. The summed E-state index contributed by atoms with van der Waals surface area (Å²) < 4.78 is 0. The molecule has 80 valence electrons. The van der Waals surface area contributed by atoms with Crippen LogP contribution >= 0.6 is 0 Å². The zero-order valence-corrected chi connectivity index (χ0v) is 8.17. The van der Waals surface area contributed by atoms with E-state index in [1.807, 2.05) is 0 Å². The maximum atomic E-state index is 11.4. The van der Waals surface area contributed by atoms with Crippen LogP contribution < -0.4 is 0 Å². The minimum atomic E-state index is -0.967. The molecule has 2 unspecified atom stereocenters. The van der Waals surface area contributed by atoms with Gasteiger partial charge in [0.2, 0.25) is 0 Å². The summed E-state index contributed by atoms with van der Waals surface area (Å²) >= 11 is 0. The number of nitrogens with zero attached hydrogens (tertiary/aromatic N) is 2. The van der Waals surface area contributed by atoms with E-state index in [2.05, 4.69) is 0 Å². The fourth-order valence-electron chi connectivity index (χ4n) is 1.44. The number of aliphatic hydroxyl groups excluding tert-OH is 2. The molecule has 2 N–H and O–H groups in total. The Kier molecular flexibility index (Phi) is 3.07. The molecule has 14 heavy (non-hydrogen) atoms. The smallest absolute Gasteiger partial charge is 0.326 e. The second kappa shape index (κ2) is 3.93. The third-order valence-electron chi connectivity index (χ3n) is 2.38. The predicted octanol–water partition coefficient (Wildman–Crippen LogP) is -1.38. The summed E-state index contributed by atoms with van der Waals surface area (Å²) in [7, 11) is 2.89. The van der Waals surface area contributed by atoms with Crippen LogP contribution in [0.25, 0.3) is 0 Å². The first-order chi connectivity index (χ1) is 6.49. The summed E-state index contributed by atoms with van der Waals surface area (Å²) in [4.78, 5) is 25.0. The van der Waals surface area contributed by atoms with Gasteiger partial charge in [-0.15, -0.1) is 0 Å². The van der Waals surface area contributed by atoms with Crippen LogP contribution in [-0.2, 0) is 4.79 Å². The third kappa shape index (κ3) is 1.71. The van der Waals surface area contributed by atoms with Gasteiger partial charge in [0.05, 0.1) is 12.7 Å². The van der Waals surface area contributed by atoms with Gasteiger partial charge >= 0.3 is 6.03 Å². The fraction of sp³-hybridized carbons (Fsp3) is 0.750. The summed E-state index contributed by atoms with van der Waals surface area (Å²) in [6.45, 7) is -0.407. The van der Waals surface area contributed by atoms with E-state index in [0.717, 1.165) is 4.90 Å². The molecule has 0 spiro atoms. The third-order valence-corrected chi connectivity index (χ3v) is 2.38. The zero-order valence-electron chi connectivity index (χ0n) is 8.17. The van der Waals surface area contributed by atoms with E-state index in [9.17, 15) is 9.59 Å². The number of aliphatic hydroxyl groups is 2. The molecule has 6 heteroatoms. The molecular weight excluding hydrogens is 188 g/mol. The zero-order chi connectivity index (χ0) is 10.9. The lowest BCUT2D eigenvalue weighted by Crippen LogP contribution is -2.35. The van der Waals surface area contributed by atoms with Crippen LogP contribution in [0.5, 0.6) is 0 Å². The van der Waals surface area contributed by atoms with Crippen molar-refractivity contribution in [2.45, 2.75) is 18.6 Å². The average Bonchev–Trinajstić information content (AvgIpc) is 2.35. The highest BCUT2D eigenvalue weighted by atomic mass is 16.3. The number of carbonyl (C=O) groups is 2. The molecule has 6 nitrogen and oxygen atoms in total. The molecule has 0 saturated carbocycles. The number of imide groups is 1. The van der Waals surface area contributed by atoms with Crippen molar-refractivity contribution in [1.82, 2.24) is 9.80 Å². The Morgan fingerprint density at radius 2 is 2.00 bits per heavy atom. The lowest BCUT2D eigenvalue weighted by molar-refractivity contribution is -0.128. The van der Waals surface area contributed by atoms with E-state index in [4.69, 9.17) is 10.2 Å². The van der Waals surface area contributed by atoms with Crippen molar-refractivity contribution in [1.29, 1.82) is 0 Å². The van der Waals surface area contributed by atoms with E-state index in [0.29, 0.717) is 0 Å². The minimum absolute atomic E-state index is 0.0713. The molecule has 1 fully saturated rings. The molecule has 0 bridgehead atoms. The number of amides is 3. The molecule has 0 aromatic rings. The van der Waals surface area contributed by atoms with E-state index >= 15 is 0 Å². The molecule has 1 aliphatic rings. The monoisotopic (exact) mass is 202 g/mol. The van der Waals surface area contributed by atoms with Gasteiger partial charge < -0.3 is 15.1 Å². The average molecular weight is 202 g/mol. The first-order valence-electron chi connectivity index (χ1n) is 4.32. The summed E-state index contributed by atoms with van der Waals surface area (Å²) in [5.41, 5.74) is 0. The van der Waals surface area contributed by atoms with Crippen molar-refractivity contribution in [3.63, 3.8) is 0 Å². The number of urea groups is 1. The van der Waals surface area contributed by atoms with Gasteiger partial charge in [-0.3, -0.25) is 9.69 Å². The van der Waals surface area contributed by atoms with Crippen molar-refractivity contribution >= 4 is 11.9 Å². The predicted molar refractivity (Wildman–Crippen MR) is 47.4 cm³/mol. The lowest BCUT2D eigenvalue weighted by atomic mass is 10.1. The Morgan fingerprint density at radius 1 is 1.43 bits per heavy atom. The highest BCUT2D eigenvalue weighted by Gasteiger charge is 2.41. The molecule has 1 rings (SSSR count). The molecule has 1 heterocycles. The van der Waals surface area contributed by atoms with Gasteiger partial charge in [0, 0.05) is 20.5 Å². The molecule has 1 saturated heterocycles. The van der Waals surface area contributed by atoms with E-state index < -0.39 is 18.8 Å². The summed E-state index contributed by atoms with van der Waals surface area (Å²) in [6, 6.07) is -1.04. The fourth-order valence-corrected chi connectivity index (χ4v) is 1.44. The van der Waals surface area contributed by atoms with Gasteiger partial charge in [-0.25, -0.2) is 4.79 Å². The van der Waals surface area contributed by atoms with Crippen LogP contribution in [0.1, 0.15) is 6.42 Å². The maximum absolute atomic E-state index is 11.4. The Morgan fingerprint density at radius 3 is 2.36 bits per heavy atom. The number of carbonyl (C=O) groups excluding carboxylic acids is 2. The van der Waals surface area contributed by atoms with Crippen LogP contribution in [0, 0.1) is 0 Å². The topological polar surface area (TPSA) is 81.1 Å². The number of likely N-dealkylation sites (N-methyl/N-ethyl adjacent to an activating group) is 2. The molecular formula is C8H14N2O4. The highest BCUT2D eigenvalue weighted by molar-refractivity contribution is 6.03. The SMILES string of the molecule is CN1C(=O)C(CC(O)CO)N(C)C1=O. The van der Waals surface area contributed by atoms with Crippen LogP contribution in [0.15, 0.2) is 0 Å². The molecule has 0 aromatic carbocycles. The second-order valence-corrected chi connectivity index (χ2v) is 3.38. The van der Waals surface area contributed by atoms with E-state index in [1.54, 1.807) is 0 Å². The first kappa shape index (κ1) is 10.9. The van der Waals surface area contributed by atoms with Gasteiger partial charge in [0.1, 0.15) is 6.04 Å². The summed E-state index contributed by atoms with van der Waals surface area (Å²) in [5.74, 6) is -0.343. The second-order valence-electron chi connectivity index (χ2n) is 3.38. The molecule has 2 atom stereocenters. The molecule has 1 aliphatic heterocycles. The van der Waals surface area contributed by atoms with E-state index in [-0.39, 0.29) is 18.4 Å². The maximum Gasteiger partial charge on any atom is 0.326 e. The molecule has 3 amide bonds. The highest BCUT2D eigenvalue weighted by Crippen LogP contribution is 2.17. The molecule has 0 radical (unpaired) electrons. The normalized spacial score (nSPS) is 24.7. The molecule has 0 aliphatic carbocycles. The van der Waals surface area contributed by atoms with Crippen molar-refractivity contribution in [2.24, 2.45) is 0 Å². The Labute approximate surface area is 81.7 Å². The Bertz CT molecular complexity index is 256. The van der Waals surface area contributed by atoms with Gasteiger partial charge in [-0.2, -0.15) is 0 Å². The van der Waals surface area contributed by atoms with Crippen LogP contribution in [0.3, 0.4) is 0 Å². The van der Waals surface area contributed by atoms with Crippen molar-refractivity contribution in [3.8, 4) is 0 Å². The van der Waals surface area contributed by atoms with Crippen molar-refractivity contribution < 1.29 is 19.8 Å². The largest absolute Gasteiger partial charge is 0.394 e. The lowest BCUT2D eigenvalue weighted by Gasteiger charge is -2.17. The van der Waals surface area contributed by atoms with Gasteiger partial charge in [0.25, 0.3) is 5.91 Å². The quantitative estimate of drug-likeness (QED) is 0.553. The van der Waals surface area contributed by atoms with Crippen molar-refractivity contribution in [2.75, 3.05) is 20.7 Å². The Balaban J connectivity index is 2.70.